The fraction of sp³-hybridized carbons (Fsp3) is 0.348. The number of pyridine rings is 4. The normalized spacial score (nSPS) is 19.6. The minimum atomic E-state index is -1.28. The quantitative estimate of drug-likeness (QED) is 0.0635. The van der Waals surface area contributed by atoms with E-state index in [-0.39, 0.29) is 47.2 Å². The van der Waals surface area contributed by atoms with Gasteiger partial charge in [0.2, 0.25) is 11.8 Å². The number of nitrogens with one attached hydrogen (secondary N) is 6. The number of fused-ring (bicyclic) bond motifs is 4. The third-order valence-electron chi connectivity index (χ3n) is 12.1. The number of piperidine rings is 2. The van der Waals surface area contributed by atoms with Crippen LogP contribution in [0.4, 0.5) is 61.5 Å². The summed E-state index contributed by atoms with van der Waals surface area (Å²) >= 11 is 0. The minimum absolute atomic E-state index is 0.0644. The van der Waals surface area contributed by atoms with Crippen LogP contribution in [0.15, 0.2) is 49.1 Å². The lowest BCUT2D eigenvalue weighted by atomic mass is 9.97. The van der Waals surface area contributed by atoms with Gasteiger partial charge in [0.1, 0.15) is 60.8 Å². The van der Waals surface area contributed by atoms with Gasteiger partial charge in [0, 0.05) is 84.0 Å². The summed E-state index contributed by atoms with van der Waals surface area (Å²) < 4.78 is 79.9. The first-order chi connectivity index (χ1) is 32.8. The number of rotatable bonds is 6. The van der Waals surface area contributed by atoms with Gasteiger partial charge in [-0.2, -0.15) is 0 Å². The number of anilines is 6. The van der Waals surface area contributed by atoms with E-state index < -0.39 is 48.4 Å². The highest BCUT2D eigenvalue weighted by atomic mass is 19.1. The van der Waals surface area contributed by atoms with E-state index in [0.717, 1.165) is 11.1 Å². The second kappa shape index (κ2) is 19.4. The average Bonchev–Trinajstić information content (AvgIpc) is 3.33. The van der Waals surface area contributed by atoms with Gasteiger partial charge < -0.3 is 51.7 Å². The van der Waals surface area contributed by atoms with Crippen LogP contribution in [0.25, 0.3) is 43.8 Å². The summed E-state index contributed by atoms with van der Waals surface area (Å²) in [5.41, 5.74) is 16.7. The second-order valence-corrected chi connectivity index (χ2v) is 16.5. The van der Waals surface area contributed by atoms with Gasteiger partial charge in [-0.15, -0.1) is 0 Å². The molecule has 0 spiro atoms. The Morgan fingerprint density at radius 2 is 1.06 bits per heavy atom. The Morgan fingerprint density at radius 3 is 1.47 bits per heavy atom. The number of nitrogens with two attached hydrogens (primary N) is 2. The Bertz CT molecular complexity index is 2740. The van der Waals surface area contributed by atoms with Crippen LogP contribution in [0.3, 0.4) is 0 Å². The number of alkyl halides is 2. The molecule has 4 aliphatic rings. The first-order valence-electron chi connectivity index (χ1n) is 22.0. The highest BCUT2D eigenvalue weighted by Gasteiger charge is 2.30. The van der Waals surface area contributed by atoms with Crippen molar-refractivity contribution in [3.8, 4) is 34.0 Å². The van der Waals surface area contributed by atoms with E-state index in [1.165, 1.54) is 12.4 Å². The van der Waals surface area contributed by atoms with E-state index in [4.69, 9.17) is 30.4 Å². The molecule has 2 saturated heterocycles. The van der Waals surface area contributed by atoms with Crippen molar-refractivity contribution in [1.29, 1.82) is 0 Å². The molecule has 2 aromatic carbocycles. The number of carbonyl (C=O) groups excluding carboxylic acids is 2. The van der Waals surface area contributed by atoms with Gasteiger partial charge in [0.25, 0.3) is 0 Å². The molecule has 4 atom stereocenters. The Kier molecular flexibility index (Phi) is 13.0. The van der Waals surface area contributed by atoms with Gasteiger partial charge in [-0.05, 0) is 85.9 Å². The largest absolute Gasteiger partial charge is 0.474 e. The van der Waals surface area contributed by atoms with Crippen LogP contribution < -0.4 is 52.8 Å². The molecule has 6 aromatic rings. The van der Waals surface area contributed by atoms with Gasteiger partial charge in [0.15, 0.2) is 11.6 Å². The van der Waals surface area contributed by atoms with Crippen molar-refractivity contribution in [2.75, 3.05) is 85.2 Å². The molecule has 0 aliphatic carbocycles. The average molecular weight is 941 g/mol. The monoisotopic (exact) mass is 940 g/mol. The molecule has 10 rings (SSSR count). The summed E-state index contributed by atoms with van der Waals surface area (Å²) in [6.45, 7) is 7.37. The van der Waals surface area contributed by atoms with Gasteiger partial charge in [-0.1, -0.05) is 0 Å². The standard InChI is InChI=1S/2C23H24F2N6O3/c2*1-11-14(8-30-22-21(11)28-4-5-33-22)13-6-12-7-18(29-9-15(12)20(26)19(13)25)31-23(32)34-17-2-3-27-10-16(17)24/h2*6-9,16-17,27-28H,2-5,10,26H2,1H3,(H,29,31,32)/t2*16-,17+/m10/s1. The minimum Gasteiger partial charge on any atom is -0.474 e. The molecule has 0 bridgehead atoms. The number of halogens is 4. The molecule has 8 heterocycles. The van der Waals surface area contributed by atoms with Crippen LogP contribution in [0.1, 0.15) is 24.0 Å². The SMILES string of the molecule is Cc1c(-c2cc3cc(NC(=O)O[C@@H]4CCNC[C@@H]4F)ncc3c(N)c2F)cnc2c1NCCO2.Cc1c(-c2cc3cc(NC(=O)O[C@H]4CCNC[C@H]4F)ncc3c(N)c2F)cnc2c1NCCO2. The van der Waals surface area contributed by atoms with Crippen molar-refractivity contribution in [3.05, 3.63) is 71.8 Å². The maximum absolute atomic E-state index is 15.3. The molecule has 0 radical (unpaired) electrons. The lowest BCUT2D eigenvalue weighted by Gasteiger charge is -2.26. The predicted octanol–water partition coefficient (Wildman–Crippen LogP) is 6.76. The molecule has 68 heavy (non-hydrogen) atoms. The van der Waals surface area contributed by atoms with Crippen molar-refractivity contribution >= 4 is 68.1 Å². The Morgan fingerprint density at radius 1 is 0.632 bits per heavy atom. The molecule has 0 saturated carbocycles. The van der Waals surface area contributed by atoms with Crippen LogP contribution in [0.5, 0.6) is 11.8 Å². The van der Waals surface area contributed by atoms with Gasteiger partial charge in [0.05, 0.1) is 11.4 Å². The van der Waals surface area contributed by atoms with Crippen LogP contribution in [0.2, 0.25) is 0 Å². The molecular formula is C46H48F4N12O6. The topological polar surface area (TPSA) is 247 Å². The van der Waals surface area contributed by atoms with Crippen LogP contribution in [-0.4, -0.2) is 109 Å². The summed E-state index contributed by atoms with van der Waals surface area (Å²) in [6, 6.07) is 6.38. The molecule has 356 valence electrons. The third kappa shape index (κ3) is 9.28. The fourth-order valence-electron chi connectivity index (χ4n) is 8.51. The molecule has 10 N–H and O–H groups in total. The summed E-state index contributed by atoms with van der Waals surface area (Å²) in [4.78, 5) is 41.5. The number of hydrogen-bond donors (Lipinski definition) is 8. The molecule has 2 amide bonds. The number of amides is 2. The molecular weight excluding hydrogens is 893 g/mol. The van der Waals surface area contributed by atoms with Gasteiger partial charge in [-0.3, -0.25) is 10.6 Å². The fourth-order valence-corrected chi connectivity index (χ4v) is 8.51. The number of nitrogen functional groups attached to an aromatic ring is 2. The summed E-state index contributed by atoms with van der Waals surface area (Å²) in [5, 5.41) is 19.2. The zero-order valence-electron chi connectivity index (χ0n) is 36.9. The van der Waals surface area contributed by atoms with E-state index in [9.17, 15) is 18.4 Å². The van der Waals surface area contributed by atoms with Crippen LogP contribution >= 0.6 is 0 Å². The molecule has 2 fully saturated rings. The van der Waals surface area contributed by atoms with Crippen LogP contribution in [0, 0.1) is 25.5 Å². The van der Waals surface area contributed by atoms with Gasteiger partial charge >= 0.3 is 12.2 Å². The second-order valence-electron chi connectivity index (χ2n) is 16.5. The maximum Gasteiger partial charge on any atom is 0.413 e. The molecule has 4 aromatic heterocycles. The summed E-state index contributed by atoms with van der Waals surface area (Å²) in [7, 11) is 0. The molecule has 22 heteroatoms. The zero-order chi connectivity index (χ0) is 47.6. The maximum atomic E-state index is 15.3. The van der Waals surface area contributed by atoms with Crippen LogP contribution in [-0.2, 0) is 9.47 Å². The van der Waals surface area contributed by atoms with Crippen molar-refractivity contribution in [2.24, 2.45) is 0 Å². The number of carbonyl (C=O) groups is 2. The van der Waals surface area contributed by atoms with Gasteiger partial charge in [-0.25, -0.2) is 47.1 Å². The zero-order valence-corrected chi connectivity index (χ0v) is 36.9. The van der Waals surface area contributed by atoms with E-state index in [0.29, 0.717) is 108 Å². The molecule has 0 unspecified atom stereocenters. The Hall–Kier alpha value is -7.46. The smallest absolute Gasteiger partial charge is 0.413 e. The molecule has 18 nitrogen and oxygen atoms in total. The van der Waals surface area contributed by atoms with E-state index in [1.807, 2.05) is 13.8 Å². The highest BCUT2D eigenvalue weighted by Crippen LogP contribution is 2.41. The predicted molar refractivity (Wildman–Crippen MR) is 249 cm³/mol. The van der Waals surface area contributed by atoms with E-state index in [1.54, 1.807) is 36.7 Å². The summed E-state index contributed by atoms with van der Waals surface area (Å²) in [6.07, 6.45) is 0.807. The number of ether oxygens (including phenoxy) is 4. The lowest BCUT2D eigenvalue weighted by Crippen LogP contribution is -2.44. The first-order valence-corrected chi connectivity index (χ1v) is 22.0. The van der Waals surface area contributed by atoms with E-state index >= 15 is 8.78 Å². The lowest BCUT2D eigenvalue weighted by molar-refractivity contribution is 0.0340. The highest BCUT2D eigenvalue weighted by molar-refractivity contribution is 6.01. The Balaban J connectivity index is 0.000000170. The number of nitrogens with zero attached hydrogens (tertiary/aromatic N) is 4. The van der Waals surface area contributed by atoms with Crippen molar-refractivity contribution in [3.63, 3.8) is 0 Å². The number of aromatic nitrogens is 4. The Labute approximate surface area is 386 Å². The first kappa shape index (κ1) is 45.7. The van der Waals surface area contributed by atoms with Crippen molar-refractivity contribution in [1.82, 2.24) is 30.6 Å². The number of hydrogen-bond acceptors (Lipinski definition) is 16. The third-order valence-corrected chi connectivity index (χ3v) is 12.1. The van der Waals surface area contributed by atoms with Crippen molar-refractivity contribution < 1.29 is 46.1 Å². The van der Waals surface area contributed by atoms with Crippen molar-refractivity contribution in [2.45, 2.75) is 51.2 Å². The number of benzene rings is 2. The summed E-state index contributed by atoms with van der Waals surface area (Å²) in [5.74, 6) is 0.121. The van der Waals surface area contributed by atoms with E-state index in [2.05, 4.69) is 51.8 Å². The molecule has 4 aliphatic heterocycles.